The van der Waals surface area contributed by atoms with Gasteiger partial charge in [0.1, 0.15) is 11.3 Å². The molecular formula is C16H25ClN2O5S. The Labute approximate surface area is 155 Å². The maximum absolute atomic E-state index is 12.8. The first-order valence-corrected chi connectivity index (χ1v) is 9.29. The van der Waals surface area contributed by atoms with Crippen LogP contribution in [0, 0.1) is 5.92 Å². The summed E-state index contributed by atoms with van der Waals surface area (Å²) in [5.41, 5.74) is 0.201. The smallest absolute Gasteiger partial charge is 0.341 e. The van der Waals surface area contributed by atoms with E-state index in [0.29, 0.717) is 19.0 Å². The van der Waals surface area contributed by atoms with Crippen molar-refractivity contribution in [3.05, 3.63) is 23.8 Å². The number of sulfonamides is 1. The molecule has 25 heavy (non-hydrogen) atoms. The van der Waals surface area contributed by atoms with Gasteiger partial charge in [0.2, 0.25) is 10.0 Å². The quantitative estimate of drug-likeness (QED) is 0.739. The van der Waals surface area contributed by atoms with Gasteiger partial charge in [0, 0.05) is 19.2 Å². The molecule has 0 unspecified atom stereocenters. The van der Waals surface area contributed by atoms with Gasteiger partial charge in [-0.1, -0.05) is 0 Å². The van der Waals surface area contributed by atoms with Crippen LogP contribution < -0.4 is 10.1 Å². The van der Waals surface area contributed by atoms with Gasteiger partial charge in [-0.3, -0.25) is 0 Å². The third kappa shape index (κ3) is 4.84. The number of esters is 1. The summed E-state index contributed by atoms with van der Waals surface area (Å²) in [6.07, 6.45) is 1.66. The monoisotopic (exact) mass is 392 g/mol. The molecule has 0 radical (unpaired) electrons. The van der Waals surface area contributed by atoms with Crippen molar-refractivity contribution in [1.29, 1.82) is 0 Å². The minimum absolute atomic E-state index is 0. The Morgan fingerprint density at radius 3 is 2.44 bits per heavy atom. The molecule has 1 N–H and O–H groups in total. The van der Waals surface area contributed by atoms with Crippen molar-refractivity contribution < 1.29 is 22.7 Å². The molecule has 1 saturated heterocycles. The molecular weight excluding hydrogens is 368 g/mol. The van der Waals surface area contributed by atoms with Crippen LogP contribution in [0.5, 0.6) is 5.75 Å². The highest BCUT2D eigenvalue weighted by molar-refractivity contribution is 7.89. The molecule has 1 aliphatic rings. The first kappa shape index (κ1) is 21.7. The van der Waals surface area contributed by atoms with Crippen LogP contribution in [0.15, 0.2) is 23.1 Å². The average molecular weight is 393 g/mol. The SMILES string of the molecule is CNCC1CCN(S(=O)(=O)c2ccc(C(=O)OC)c(OC)c2)CC1.Cl. The molecule has 0 aliphatic carbocycles. The topological polar surface area (TPSA) is 84.9 Å². The Morgan fingerprint density at radius 2 is 1.92 bits per heavy atom. The van der Waals surface area contributed by atoms with Gasteiger partial charge in [0.05, 0.1) is 19.1 Å². The van der Waals surface area contributed by atoms with Crippen LogP contribution >= 0.6 is 12.4 Å². The number of nitrogens with zero attached hydrogens (tertiary/aromatic N) is 1. The van der Waals surface area contributed by atoms with Crippen molar-refractivity contribution in [2.75, 3.05) is 40.9 Å². The molecule has 0 saturated carbocycles. The van der Waals surface area contributed by atoms with Crippen LogP contribution in [-0.2, 0) is 14.8 Å². The van der Waals surface area contributed by atoms with Crippen LogP contribution in [0.25, 0.3) is 0 Å². The highest BCUT2D eigenvalue weighted by Gasteiger charge is 2.30. The fraction of sp³-hybridized carbons (Fsp3) is 0.562. The Balaban J connectivity index is 0.00000312. The van der Waals surface area contributed by atoms with Crippen molar-refractivity contribution in [3.8, 4) is 5.75 Å². The average Bonchev–Trinajstić information content (AvgIpc) is 2.61. The van der Waals surface area contributed by atoms with Gasteiger partial charge in [-0.05, 0) is 44.5 Å². The van der Waals surface area contributed by atoms with Crippen LogP contribution in [0.3, 0.4) is 0 Å². The highest BCUT2D eigenvalue weighted by atomic mass is 35.5. The number of methoxy groups -OCH3 is 2. The van der Waals surface area contributed by atoms with Crippen LogP contribution in [0.2, 0.25) is 0 Å². The summed E-state index contributed by atoms with van der Waals surface area (Å²) in [7, 11) is 0.956. The zero-order chi connectivity index (χ0) is 17.7. The molecule has 1 aromatic carbocycles. The number of piperidine rings is 1. The third-order valence-corrected chi connectivity index (χ3v) is 6.18. The summed E-state index contributed by atoms with van der Waals surface area (Å²) in [4.78, 5) is 11.8. The third-order valence-electron chi connectivity index (χ3n) is 4.28. The summed E-state index contributed by atoms with van der Waals surface area (Å²) >= 11 is 0. The Kier molecular flexibility index (Phi) is 8.14. The molecule has 142 valence electrons. The molecule has 9 heteroatoms. The van der Waals surface area contributed by atoms with Crippen molar-refractivity contribution >= 4 is 28.4 Å². The summed E-state index contributed by atoms with van der Waals surface area (Å²) in [6, 6.07) is 4.22. The highest BCUT2D eigenvalue weighted by Crippen LogP contribution is 2.28. The van der Waals surface area contributed by atoms with Crippen molar-refractivity contribution in [3.63, 3.8) is 0 Å². The predicted octanol–water partition coefficient (Wildman–Crippen LogP) is 1.52. The van der Waals surface area contributed by atoms with Gasteiger partial charge >= 0.3 is 5.97 Å². The van der Waals surface area contributed by atoms with E-state index in [1.54, 1.807) is 0 Å². The summed E-state index contributed by atoms with van der Waals surface area (Å²) in [5, 5.41) is 3.13. The second-order valence-electron chi connectivity index (χ2n) is 5.76. The molecule has 0 atom stereocenters. The largest absolute Gasteiger partial charge is 0.496 e. The van der Waals surface area contributed by atoms with E-state index in [0.717, 1.165) is 19.4 Å². The molecule has 0 spiro atoms. The van der Waals surface area contributed by atoms with Gasteiger partial charge < -0.3 is 14.8 Å². The van der Waals surface area contributed by atoms with E-state index >= 15 is 0 Å². The zero-order valence-electron chi connectivity index (χ0n) is 14.6. The first-order valence-electron chi connectivity index (χ1n) is 7.85. The standard InChI is InChI=1S/C16H24N2O5S.ClH/c1-17-11-12-6-8-18(9-7-12)24(20,21)13-4-5-14(16(19)23-3)15(10-13)22-2;/h4-5,10,12,17H,6-9,11H2,1-3H3;1H. The molecule has 7 nitrogen and oxygen atoms in total. The van der Waals surface area contributed by atoms with Crippen molar-refractivity contribution in [2.24, 2.45) is 5.92 Å². The van der Waals surface area contributed by atoms with E-state index in [9.17, 15) is 13.2 Å². The van der Waals surface area contributed by atoms with Crippen molar-refractivity contribution in [1.82, 2.24) is 9.62 Å². The fourth-order valence-corrected chi connectivity index (χ4v) is 4.39. The second kappa shape index (κ2) is 9.38. The Morgan fingerprint density at radius 1 is 1.28 bits per heavy atom. The summed E-state index contributed by atoms with van der Waals surface area (Å²) < 4.78 is 36.9. The van der Waals surface area contributed by atoms with E-state index in [1.807, 2.05) is 7.05 Å². The Bertz CT molecular complexity index is 688. The lowest BCUT2D eigenvalue weighted by molar-refractivity contribution is 0.0597. The second-order valence-corrected chi connectivity index (χ2v) is 7.70. The number of benzene rings is 1. The maximum atomic E-state index is 12.8. The number of nitrogens with one attached hydrogen (secondary N) is 1. The molecule has 0 bridgehead atoms. The maximum Gasteiger partial charge on any atom is 0.341 e. The summed E-state index contributed by atoms with van der Waals surface area (Å²) in [5.74, 6) is 0.120. The van der Waals surface area contributed by atoms with Gasteiger partial charge in [-0.15, -0.1) is 12.4 Å². The van der Waals surface area contributed by atoms with Crippen molar-refractivity contribution in [2.45, 2.75) is 17.7 Å². The minimum Gasteiger partial charge on any atom is -0.496 e. The van der Waals surface area contributed by atoms with Crippen LogP contribution in [0.4, 0.5) is 0 Å². The number of carbonyl (C=O) groups excluding carboxylic acids is 1. The predicted molar refractivity (Wildman–Crippen MR) is 97.0 cm³/mol. The van der Waals surface area contributed by atoms with E-state index < -0.39 is 16.0 Å². The normalized spacial score (nSPS) is 16.1. The molecule has 1 heterocycles. The minimum atomic E-state index is -3.60. The first-order chi connectivity index (χ1) is 11.4. The molecule has 1 aromatic rings. The van der Waals surface area contributed by atoms with E-state index in [1.165, 1.54) is 36.7 Å². The number of carbonyl (C=O) groups is 1. The van der Waals surface area contributed by atoms with Crippen LogP contribution in [-0.4, -0.2) is 59.6 Å². The molecule has 2 rings (SSSR count). The molecule has 1 aliphatic heterocycles. The van der Waals surface area contributed by atoms with Gasteiger partial charge in [0.15, 0.2) is 0 Å². The summed E-state index contributed by atoms with van der Waals surface area (Å²) in [6.45, 7) is 1.89. The molecule has 0 amide bonds. The lowest BCUT2D eigenvalue weighted by Gasteiger charge is -2.31. The van der Waals surface area contributed by atoms with Gasteiger partial charge in [-0.25, -0.2) is 13.2 Å². The van der Waals surface area contributed by atoms with E-state index in [2.05, 4.69) is 10.1 Å². The van der Waals surface area contributed by atoms with Gasteiger partial charge in [-0.2, -0.15) is 4.31 Å². The number of ether oxygens (including phenoxy) is 2. The number of halogens is 1. The van der Waals surface area contributed by atoms with E-state index in [-0.39, 0.29) is 28.6 Å². The lowest BCUT2D eigenvalue weighted by atomic mass is 9.98. The number of hydrogen-bond acceptors (Lipinski definition) is 6. The lowest BCUT2D eigenvalue weighted by Crippen LogP contribution is -2.40. The number of rotatable bonds is 6. The van der Waals surface area contributed by atoms with E-state index in [4.69, 9.17) is 4.74 Å². The Hall–Kier alpha value is -1.35. The molecule has 1 fully saturated rings. The van der Waals surface area contributed by atoms with Gasteiger partial charge in [0.25, 0.3) is 0 Å². The number of hydrogen-bond donors (Lipinski definition) is 1. The fourth-order valence-electron chi connectivity index (χ4n) is 2.90. The molecule has 0 aromatic heterocycles. The van der Waals surface area contributed by atoms with Crippen LogP contribution in [0.1, 0.15) is 23.2 Å². The zero-order valence-corrected chi connectivity index (χ0v) is 16.3.